The molecule has 1 saturated heterocycles. The lowest BCUT2D eigenvalue weighted by atomic mass is 10.2. The Kier molecular flexibility index (Phi) is 2.78. The van der Waals surface area contributed by atoms with Crippen LogP contribution in [-0.4, -0.2) is 37.9 Å². The molecule has 0 amide bonds. The van der Waals surface area contributed by atoms with Crippen LogP contribution in [0.3, 0.4) is 0 Å². The molecule has 1 rings (SSSR count). The Hall–Kier alpha value is 0.200. The minimum Gasteiger partial charge on any atom is -0.213 e. The fourth-order valence-electron chi connectivity index (χ4n) is 1.22. The lowest BCUT2D eigenvalue weighted by Gasteiger charge is -2.11. The Bertz CT molecular complexity index is 227. The topological polar surface area (TPSA) is 37.4 Å². The third-order valence-corrected chi connectivity index (χ3v) is 3.64. The van der Waals surface area contributed by atoms with Crippen molar-refractivity contribution in [2.45, 2.75) is 6.42 Å². The molecular weight excluding hydrogens is 186 g/mol. The van der Waals surface area contributed by atoms with Gasteiger partial charge in [-0.05, 0) is 12.3 Å². The van der Waals surface area contributed by atoms with E-state index >= 15 is 0 Å². The Morgan fingerprint density at radius 3 is 2.55 bits per heavy atom. The van der Waals surface area contributed by atoms with Crippen molar-refractivity contribution < 1.29 is 8.42 Å². The summed E-state index contributed by atoms with van der Waals surface area (Å²) in [5.74, 6) is 0.915. The number of hydrogen-bond donors (Lipinski definition) is 0. The average Bonchev–Trinajstić information content (AvgIpc) is 2.32. The molecule has 0 spiro atoms. The molecule has 1 aliphatic heterocycles. The summed E-state index contributed by atoms with van der Waals surface area (Å²) in [7, 11) is -2.97. The van der Waals surface area contributed by atoms with Gasteiger partial charge in [0, 0.05) is 19.0 Å². The molecular formula is C6H12ClNO2S. The van der Waals surface area contributed by atoms with Crippen molar-refractivity contribution in [3.63, 3.8) is 0 Å². The third kappa shape index (κ3) is 2.32. The van der Waals surface area contributed by atoms with Crippen LogP contribution in [-0.2, 0) is 10.0 Å². The molecule has 11 heavy (non-hydrogen) atoms. The van der Waals surface area contributed by atoms with Crippen LogP contribution < -0.4 is 0 Å². The van der Waals surface area contributed by atoms with Crippen LogP contribution in [0.1, 0.15) is 6.42 Å². The van der Waals surface area contributed by atoms with E-state index < -0.39 is 10.0 Å². The Labute approximate surface area is 72.4 Å². The first-order chi connectivity index (χ1) is 5.04. The van der Waals surface area contributed by atoms with Crippen LogP contribution in [0.25, 0.3) is 0 Å². The lowest BCUT2D eigenvalue weighted by molar-refractivity contribution is 0.470. The van der Waals surface area contributed by atoms with E-state index in [-0.39, 0.29) is 0 Å². The summed E-state index contributed by atoms with van der Waals surface area (Å²) < 4.78 is 23.4. The summed E-state index contributed by atoms with van der Waals surface area (Å²) in [6.07, 6.45) is 2.14. The second-order valence-corrected chi connectivity index (χ2v) is 5.22. The zero-order valence-electron chi connectivity index (χ0n) is 6.46. The maximum absolute atomic E-state index is 11.0. The van der Waals surface area contributed by atoms with Crippen molar-refractivity contribution in [2.24, 2.45) is 5.92 Å². The summed E-state index contributed by atoms with van der Waals surface area (Å²) in [5.41, 5.74) is 0. The van der Waals surface area contributed by atoms with Crippen LogP contribution in [0.2, 0.25) is 0 Å². The summed E-state index contributed by atoms with van der Waals surface area (Å²) >= 11 is 5.60. The SMILES string of the molecule is CS(=O)(=O)N1CCC(CCl)C1. The maximum atomic E-state index is 11.0. The summed E-state index contributed by atoms with van der Waals surface area (Å²) in [4.78, 5) is 0. The van der Waals surface area contributed by atoms with Crippen LogP contribution in [0.15, 0.2) is 0 Å². The van der Waals surface area contributed by atoms with Crippen molar-refractivity contribution >= 4 is 21.6 Å². The minimum atomic E-state index is -2.97. The highest BCUT2D eigenvalue weighted by atomic mass is 35.5. The average molecular weight is 198 g/mol. The number of nitrogens with zero attached hydrogens (tertiary/aromatic N) is 1. The highest BCUT2D eigenvalue weighted by Crippen LogP contribution is 2.19. The molecule has 1 aliphatic rings. The maximum Gasteiger partial charge on any atom is 0.211 e. The molecule has 0 bridgehead atoms. The Morgan fingerprint density at radius 1 is 1.64 bits per heavy atom. The zero-order chi connectivity index (χ0) is 8.48. The largest absolute Gasteiger partial charge is 0.213 e. The zero-order valence-corrected chi connectivity index (χ0v) is 8.03. The first kappa shape index (κ1) is 9.29. The van der Waals surface area contributed by atoms with Crippen molar-refractivity contribution in [3.8, 4) is 0 Å². The lowest BCUT2D eigenvalue weighted by Crippen LogP contribution is -2.27. The number of hydrogen-bond acceptors (Lipinski definition) is 2. The molecule has 0 saturated carbocycles. The van der Waals surface area contributed by atoms with Gasteiger partial charge >= 0.3 is 0 Å². The Morgan fingerprint density at radius 2 is 2.27 bits per heavy atom. The fourth-order valence-corrected chi connectivity index (χ4v) is 2.39. The van der Waals surface area contributed by atoms with E-state index in [1.807, 2.05) is 0 Å². The normalized spacial score (nSPS) is 27.6. The van der Waals surface area contributed by atoms with Gasteiger partial charge in [0.15, 0.2) is 0 Å². The van der Waals surface area contributed by atoms with Gasteiger partial charge in [0.05, 0.1) is 6.26 Å². The van der Waals surface area contributed by atoms with E-state index in [4.69, 9.17) is 11.6 Å². The highest BCUT2D eigenvalue weighted by molar-refractivity contribution is 7.88. The molecule has 0 aromatic heterocycles. The molecule has 0 N–H and O–H groups in total. The van der Waals surface area contributed by atoms with Gasteiger partial charge in [0.25, 0.3) is 0 Å². The molecule has 3 nitrogen and oxygen atoms in total. The van der Waals surface area contributed by atoms with Crippen LogP contribution in [0.5, 0.6) is 0 Å². The van der Waals surface area contributed by atoms with Gasteiger partial charge in [-0.2, -0.15) is 0 Å². The van der Waals surface area contributed by atoms with Crippen LogP contribution >= 0.6 is 11.6 Å². The van der Waals surface area contributed by atoms with E-state index in [2.05, 4.69) is 0 Å². The smallest absolute Gasteiger partial charge is 0.211 e. The molecule has 0 aliphatic carbocycles. The second kappa shape index (κ2) is 3.29. The van der Waals surface area contributed by atoms with Gasteiger partial charge in [-0.15, -0.1) is 11.6 Å². The summed E-state index contributed by atoms with van der Waals surface area (Å²) in [5, 5.41) is 0. The van der Waals surface area contributed by atoms with Gasteiger partial charge in [-0.1, -0.05) is 0 Å². The van der Waals surface area contributed by atoms with Crippen molar-refractivity contribution in [1.82, 2.24) is 4.31 Å². The standard InChI is InChI=1S/C6H12ClNO2S/c1-11(9,10)8-3-2-6(4-7)5-8/h6H,2-5H2,1H3. The summed E-state index contributed by atoms with van der Waals surface area (Å²) in [6.45, 7) is 1.23. The molecule has 1 unspecified atom stereocenters. The molecule has 0 aromatic rings. The van der Waals surface area contributed by atoms with Gasteiger partial charge in [-0.25, -0.2) is 12.7 Å². The Balaban J connectivity index is 2.55. The summed E-state index contributed by atoms with van der Waals surface area (Å²) in [6, 6.07) is 0. The second-order valence-electron chi connectivity index (χ2n) is 2.93. The van der Waals surface area contributed by atoms with E-state index in [9.17, 15) is 8.42 Å². The number of halogens is 1. The highest BCUT2D eigenvalue weighted by Gasteiger charge is 2.27. The van der Waals surface area contributed by atoms with E-state index in [0.717, 1.165) is 6.42 Å². The first-order valence-corrected chi connectivity index (χ1v) is 5.93. The van der Waals surface area contributed by atoms with Gasteiger partial charge in [0.2, 0.25) is 10.0 Å². The number of alkyl halides is 1. The van der Waals surface area contributed by atoms with Crippen molar-refractivity contribution in [3.05, 3.63) is 0 Å². The van der Waals surface area contributed by atoms with Gasteiger partial charge in [-0.3, -0.25) is 0 Å². The van der Waals surface area contributed by atoms with E-state index in [1.54, 1.807) is 0 Å². The van der Waals surface area contributed by atoms with Crippen molar-refractivity contribution in [2.75, 3.05) is 25.2 Å². The predicted octanol–water partition coefficient (Wildman–Crippen LogP) is 0.507. The van der Waals surface area contributed by atoms with Crippen LogP contribution in [0, 0.1) is 5.92 Å². The quantitative estimate of drug-likeness (QED) is 0.605. The third-order valence-electron chi connectivity index (χ3n) is 1.94. The molecule has 0 aromatic carbocycles. The fraction of sp³-hybridized carbons (Fsp3) is 1.00. The molecule has 0 radical (unpaired) electrons. The molecule has 1 fully saturated rings. The molecule has 1 heterocycles. The van der Waals surface area contributed by atoms with E-state index in [0.29, 0.717) is 24.9 Å². The van der Waals surface area contributed by atoms with Gasteiger partial charge < -0.3 is 0 Å². The predicted molar refractivity (Wildman–Crippen MR) is 45.2 cm³/mol. The molecule has 5 heteroatoms. The first-order valence-electron chi connectivity index (χ1n) is 3.55. The number of sulfonamides is 1. The number of rotatable bonds is 2. The minimum absolute atomic E-state index is 0.353. The van der Waals surface area contributed by atoms with E-state index in [1.165, 1.54) is 10.6 Å². The monoisotopic (exact) mass is 197 g/mol. The molecule has 66 valence electrons. The van der Waals surface area contributed by atoms with Crippen molar-refractivity contribution in [1.29, 1.82) is 0 Å². The van der Waals surface area contributed by atoms with Gasteiger partial charge in [0.1, 0.15) is 0 Å². The van der Waals surface area contributed by atoms with Crippen LogP contribution in [0.4, 0.5) is 0 Å². The molecule has 1 atom stereocenters.